The van der Waals surface area contributed by atoms with Gasteiger partial charge in [-0.1, -0.05) is 6.92 Å². The maximum Gasteiger partial charge on any atom is 0.227 e. The summed E-state index contributed by atoms with van der Waals surface area (Å²) in [4.78, 5) is 11.4. The first kappa shape index (κ1) is 21.5. The van der Waals surface area contributed by atoms with E-state index in [0.29, 0.717) is 24.0 Å². The third kappa shape index (κ3) is 5.02. The molecular weight excluding hydrogens is 418 g/mol. The summed E-state index contributed by atoms with van der Waals surface area (Å²) in [5.74, 6) is 1.21. The van der Waals surface area contributed by atoms with Crippen molar-refractivity contribution in [3.63, 3.8) is 0 Å². The Bertz CT molecular complexity index is 1100. The van der Waals surface area contributed by atoms with Crippen LogP contribution in [0.1, 0.15) is 6.92 Å². The Morgan fingerprint density at radius 1 is 1.06 bits per heavy atom. The SMILES string of the molecule is CC1(COc2ccc(-c3ccnc(Nc4ccc(N5CCOCC5)cc4)n3)cc2N)COC1. The van der Waals surface area contributed by atoms with Gasteiger partial charge in [-0.05, 0) is 48.5 Å². The maximum atomic E-state index is 6.26. The number of rotatable bonds is 7. The molecule has 0 aliphatic carbocycles. The molecule has 0 bridgehead atoms. The lowest BCUT2D eigenvalue weighted by Crippen LogP contribution is -2.44. The van der Waals surface area contributed by atoms with Crippen molar-refractivity contribution < 1.29 is 14.2 Å². The molecular formula is C25H29N5O3. The van der Waals surface area contributed by atoms with E-state index in [9.17, 15) is 0 Å². The highest BCUT2D eigenvalue weighted by Crippen LogP contribution is 2.32. The van der Waals surface area contributed by atoms with Crippen molar-refractivity contribution in [2.75, 3.05) is 62.1 Å². The number of nitrogen functional groups attached to an aromatic ring is 1. The second kappa shape index (κ2) is 9.25. The number of anilines is 4. The van der Waals surface area contributed by atoms with Crippen LogP contribution in [0.3, 0.4) is 0 Å². The van der Waals surface area contributed by atoms with Crippen LogP contribution >= 0.6 is 0 Å². The molecule has 8 nitrogen and oxygen atoms in total. The van der Waals surface area contributed by atoms with Gasteiger partial charge in [0.25, 0.3) is 0 Å². The molecule has 0 saturated carbocycles. The highest BCUT2D eigenvalue weighted by molar-refractivity contribution is 5.69. The van der Waals surface area contributed by atoms with Crippen molar-refractivity contribution in [3.05, 3.63) is 54.7 Å². The zero-order valence-electron chi connectivity index (χ0n) is 18.8. The Morgan fingerprint density at radius 2 is 1.85 bits per heavy atom. The van der Waals surface area contributed by atoms with Crippen LogP contribution in [-0.4, -0.2) is 56.1 Å². The van der Waals surface area contributed by atoms with Crippen LogP contribution in [0.5, 0.6) is 5.75 Å². The molecule has 2 fully saturated rings. The second-order valence-electron chi connectivity index (χ2n) is 8.88. The van der Waals surface area contributed by atoms with Gasteiger partial charge < -0.3 is 30.2 Å². The number of benzene rings is 2. The molecule has 2 aliphatic rings. The molecule has 0 spiro atoms. The third-order valence-electron chi connectivity index (χ3n) is 5.94. The topological polar surface area (TPSA) is 94.8 Å². The minimum Gasteiger partial charge on any atom is -0.491 e. The number of nitrogens with one attached hydrogen (secondary N) is 1. The first-order valence-electron chi connectivity index (χ1n) is 11.2. The van der Waals surface area contributed by atoms with Crippen LogP contribution in [0.4, 0.5) is 23.0 Å². The number of hydrogen-bond acceptors (Lipinski definition) is 8. The largest absolute Gasteiger partial charge is 0.491 e. The fourth-order valence-electron chi connectivity index (χ4n) is 3.91. The van der Waals surface area contributed by atoms with E-state index in [1.165, 1.54) is 5.69 Å². The minimum absolute atomic E-state index is 0.0682. The van der Waals surface area contributed by atoms with Gasteiger partial charge in [0.2, 0.25) is 5.95 Å². The van der Waals surface area contributed by atoms with Crippen LogP contribution in [0, 0.1) is 5.41 Å². The average molecular weight is 448 g/mol. The van der Waals surface area contributed by atoms with Crippen LogP contribution in [0.25, 0.3) is 11.3 Å². The molecule has 0 radical (unpaired) electrons. The summed E-state index contributed by atoms with van der Waals surface area (Å²) < 4.78 is 16.6. The van der Waals surface area contributed by atoms with Gasteiger partial charge >= 0.3 is 0 Å². The lowest BCUT2D eigenvalue weighted by atomic mass is 9.90. The van der Waals surface area contributed by atoms with E-state index in [4.69, 9.17) is 19.9 Å². The summed E-state index contributed by atoms with van der Waals surface area (Å²) in [6.07, 6.45) is 1.74. The number of ether oxygens (including phenoxy) is 3. The molecule has 2 saturated heterocycles. The molecule has 5 rings (SSSR count). The fourth-order valence-corrected chi connectivity index (χ4v) is 3.91. The molecule has 3 heterocycles. The molecule has 8 heteroatoms. The molecule has 0 unspecified atom stereocenters. The van der Waals surface area contributed by atoms with E-state index in [1.54, 1.807) is 6.20 Å². The molecule has 33 heavy (non-hydrogen) atoms. The normalized spacial score (nSPS) is 17.3. The molecule has 172 valence electrons. The maximum absolute atomic E-state index is 6.26. The second-order valence-corrected chi connectivity index (χ2v) is 8.88. The van der Waals surface area contributed by atoms with E-state index in [-0.39, 0.29) is 5.41 Å². The first-order chi connectivity index (χ1) is 16.1. The zero-order chi connectivity index (χ0) is 22.7. The van der Waals surface area contributed by atoms with E-state index in [0.717, 1.165) is 56.5 Å². The Balaban J connectivity index is 1.25. The third-order valence-corrected chi connectivity index (χ3v) is 5.94. The van der Waals surface area contributed by atoms with Crippen molar-refractivity contribution in [3.8, 4) is 17.0 Å². The molecule has 2 aromatic carbocycles. The van der Waals surface area contributed by atoms with E-state index >= 15 is 0 Å². The zero-order valence-corrected chi connectivity index (χ0v) is 18.8. The first-order valence-corrected chi connectivity index (χ1v) is 11.2. The van der Waals surface area contributed by atoms with Gasteiger partial charge in [-0.15, -0.1) is 0 Å². The summed E-state index contributed by atoms with van der Waals surface area (Å²) in [7, 11) is 0. The minimum atomic E-state index is 0.0682. The lowest BCUT2D eigenvalue weighted by Gasteiger charge is -2.37. The van der Waals surface area contributed by atoms with Crippen LogP contribution in [-0.2, 0) is 9.47 Å². The van der Waals surface area contributed by atoms with E-state index in [2.05, 4.69) is 39.2 Å². The molecule has 0 atom stereocenters. The van der Waals surface area contributed by atoms with Gasteiger partial charge in [0.15, 0.2) is 0 Å². The van der Waals surface area contributed by atoms with Crippen molar-refractivity contribution in [1.82, 2.24) is 9.97 Å². The fraction of sp³-hybridized carbons (Fsp3) is 0.360. The smallest absolute Gasteiger partial charge is 0.227 e. The number of aromatic nitrogens is 2. The Kier molecular flexibility index (Phi) is 6.02. The average Bonchev–Trinajstić information content (AvgIpc) is 2.83. The van der Waals surface area contributed by atoms with Gasteiger partial charge in [-0.25, -0.2) is 9.97 Å². The van der Waals surface area contributed by atoms with Gasteiger partial charge in [-0.2, -0.15) is 0 Å². The monoisotopic (exact) mass is 447 g/mol. The number of morpholine rings is 1. The van der Waals surface area contributed by atoms with Crippen molar-refractivity contribution in [1.29, 1.82) is 0 Å². The molecule has 3 N–H and O–H groups in total. The van der Waals surface area contributed by atoms with Gasteiger partial charge in [0.05, 0.1) is 44.4 Å². The highest BCUT2D eigenvalue weighted by atomic mass is 16.5. The Morgan fingerprint density at radius 3 is 2.55 bits per heavy atom. The van der Waals surface area contributed by atoms with Gasteiger partial charge in [0.1, 0.15) is 5.75 Å². The summed E-state index contributed by atoms with van der Waals surface area (Å²) in [5.41, 5.74) is 10.7. The van der Waals surface area contributed by atoms with Gasteiger partial charge in [-0.3, -0.25) is 0 Å². The van der Waals surface area contributed by atoms with Crippen LogP contribution in [0.15, 0.2) is 54.7 Å². The van der Waals surface area contributed by atoms with Crippen molar-refractivity contribution in [2.45, 2.75) is 6.92 Å². The predicted octanol–water partition coefficient (Wildman–Crippen LogP) is 3.72. The van der Waals surface area contributed by atoms with Crippen LogP contribution < -0.4 is 20.7 Å². The summed E-state index contributed by atoms with van der Waals surface area (Å²) in [5, 5.41) is 3.29. The lowest BCUT2D eigenvalue weighted by molar-refractivity contribution is -0.120. The predicted molar refractivity (Wildman–Crippen MR) is 129 cm³/mol. The van der Waals surface area contributed by atoms with Crippen molar-refractivity contribution >= 4 is 23.0 Å². The quantitative estimate of drug-likeness (QED) is 0.529. The summed E-state index contributed by atoms with van der Waals surface area (Å²) in [6.45, 7) is 7.54. The molecule has 2 aliphatic heterocycles. The summed E-state index contributed by atoms with van der Waals surface area (Å²) >= 11 is 0. The highest BCUT2D eigenvalue weighted by Gasteiger charge is 2.34. The number of nitrogens with zero attached hydrogens (tertiary/aromatic N) is 3. The molecule has 0 amide bonds. The Hall–Kier alpha value is -3.36. The van der Waals surface area contributed by atoms with E-state index < -0.39 is 0 Å². The van der Waals surface area contributed by atoms with Crippen LogP contribution in [0.2, 0.25) is 0 Å². The number of nitrogens with two attached hydrogens (primary N) is 1. The van der Waals surface area contributed by atoms with Gasteiger partial charge in [0, 0.05) is 41.6 Å². The Labute approximate surface area is 193 Å². The molecule has 3 aromatic rings. The van der Waals surface area contributed by atoms with Crippen molar-refractivity contribution in [2.24, 2.45) is 5.41 Å². The van der Waals surface area contributed by atoms with E-state index in [1.807, 2.05) is 36.4 Å². The number of hydrogen-bond donors (Lipinski definition) is 2. The standard InChI is InChI=1S/C25H29N5O3/c1-25(15-32-16-25)17-33-23-7-2-18(14-21(23)26)22-8-9-27-24(29-22)28-19-3-5-20(6-4-19)30-10-12-31-13-11-30/h2-9,14H,10-13,15-17,26H2,1H3,(H,27,28,29). The molecule has 1 aromatic heterocycles. The summed E-state index contributed by atoms with van der Waals surface area (Å²) in [6, 6.07) is 15.9.